The van der Waals surface area contributed by atoms with Crippen LogP contribution < -0.4 is 5.32 Å². The summed E-state index contributed by atoms with van der Waals surface area (Å²) in [7, 11) is 3.60. The Morgan fingerprint density at radius 3 is 2.18 bits per heavy atom. The van der Waals surface area contributed by atoms with Crippen LogP contribution in [0, 0.1) is 5.92 Å². The maximum atomic E-state index is 9.81. The van der Waals surface area contributed by atoms with Crippen LogP contribution >= 0.6 is 0 Å². The molecule has 132 valence electrons. The van der Waals surface area contributed by atoms with Crippen molar-refractivity contribution in [2.75, 3.05) is 40.5 Å². The predicted molar refractivity (Wildman–Crippen MR) is 88.2 cm³/mol. The van der Waals surface area contributed by atoms with E-state index in [1.54, 1.807) is 14.2 Å². The smallest absolute Gasteiger partial charge is 0.0897 e. The van der Waals surface area contributed by atoms with Gasteiger partial charge in [0.1, 0.15) is 0 Å². The van der Waals surface area contributed by atoms with Gasteiger partial charge in [0, 0.05) is 27.4 Å². The van der Waals surface area contributed by atoms with Crippen molar-refractivity contribution in [3.8, 4) is 0 Å². The lowest BCUT2D eigenvalue weighted by Gasteiger charge is -2.24. The van der Waals surface area contributed by atoms with E-state index in [-0.39, 0.29) is 0 Å². The van der Waals surface area contributed by atoms with E-state index in [1.165, 1.54) is 12.8 Å². The summed E-state index contributed by atoms with van der Waals surface area (Å²) in [5, 5.41) is 12.9. The molecule has 2 N–H and O–H groups in total. The summed E-state index contributed by atoms with van der Waals surface area (Å²) in [6.45, 7) is 4.54. The van der Waals surface area contributed by atoms with Gasteiger partial charge in [0.25, 0.3) is 0 Å². The molecule has 5 nitrogen and oxygen atoms in total. The molecule has 0 aromatic carbocycles. The highest BCUT2D eigenvalue weighted by molar-refractivity contribution is 4.74. The maximum absolute atomic E-state index is 9.81. The zero-order valence-electron chi connectivity index (χ0n) is 14.6. The van der Waals surface area contributed by atoms with E-state index in [1.807, 2.05) is 6.92 Å². The van der Waals surface area contributed by atoms with Gasteiger partial charge >= 0.3 is 0 Å². The molecule has 0 aliphatic heterocycles. The van der Waals surface area contributed by atoms with Crippen molar-refractivity contribution in [3.05, 3.63) is 0 Å². The van der Waals surface area contributed by atoms with Crippen LogP contribution in [0.2, 0.25) is 0 Å². The Morgan fingerprint density at radius 1 is 1.09 bits per heavy atom. The highest BCUT2D eigenvalue weighted by atomic mass is 16.5. The fourth-order valence-electron chi connectivity index (χ4n) is 3.12. The Labute approximate surface area is 135 Å². The fraction of sp³-hybridized carbons (Fsp3) is 1.00. The molecule has 0 aromatic heterocycles. The molecule has 0 amide bonds. The van der Waals surface area contributed by atoms with Crippen molar-refractivity contribution in [1.29, 1.82) is 0 Å². The first-order chi connectivity index (χ1) is 10.7. The number of aliphatic hydroxyl groups is 1. The molecule has 1 aliphatic rings. The van der Waals surface area contributed by atoms with E-state index in [2.05, 4.69) is 5.32 Å². The van der Waals surface area contributed by atoms with Crippen LogP contribution in [0.15, 0.2) is 0 Å². The van der Waals surface area contributed by atoms with Crippen molar-refractivity contribution in [1.82, 2.24) is 5.32 Å². The first-order valence-electron chi connectivity index (χ1n) is 8.71. The third-order valence-electron chi connectivity index (χ3n) is 4.46. The van der Waals surface area contributed by atoms with Gasteiger partial charge in [0.15, 0.2) is 0 Å². The lowest BCUT2D eigenvalue weighted by molar-refractivity contribution is -0.00907. The summed E-state index contributed by atoms with van der Waals surface area (Å²) in [5.41, 5.74) is 0. The molecule has 0 radical (unpaired) electrons. The zero-order chi connectivity index (χ0) is 16.2. The summed E-state index contributed by atoms with van der Waals surface area (Å²) < 4.78 is 17.0. The van der Waals surface area contributed by atoms with Crippen LogP contribution in [0.5, 0.6) is 0 Å². The van der Waals surface area contributed by atoms with Crippen LogP contribution in [0.1, 0.15) is 45.4 Å². The Kier molecular flexibility index (Phi) is 11.1. The van der Waals surface area contributed by atoms with E-state index in [4.69, 9.17) is 14.2 Å². The number of methoxy groups -OCH3 is 2. The van der Waals surface area contributed by atoms with Crippen LogP contribution in [-0.2, 0) is 14.2 Å². The van der Waals surface area contributed by atoms with E-state index >= 15 is 0 Å². The maximum Gasteiger partial charge on any atom is 0.0897 e. The van der Waals surface area contributed by atoms with E-state index < -0.39 is 6.10 Å². The van der Waals surface area contributed by atoms with Gasteiger partial charge in [-0.25, -0.2) is 0 Å². The molecule has 0 saturated heterocycles. The van der Waals surface area contributed by atoms with Gasteiger partial charge in [0.2, 0.25) is 0 Å². The Bertz CT molecular complexity index is 249. The van der Waals surface area contributed by atoms with Gasteiger partial charge in [-0.2, -0.15) is 0 Å². The Balaban J connectivity index is 2.39. The van der Waals surface area contributed by atoms with E-state index in [9.17, 15) is 5.11 Å². The highest BCUT2D eigenvalue weighted by Gasteiger charge is 2.23. The summed E-state index contributed by atoms with van der Waals surface area (Å²) in [6.07, 6.45) is 6.86. The molecular weight excluding hydrogens is 282 g/mol. The number of aliphatic hydroxyl groups excluding tert-OH is 1. The standard InChI is InChI=1S/C17H35NO4/c1-4-18-11-15(19)13-22-12-14-9-16(20-2)7-5-6-8-17(10-14)21-3/h14-19H,4-13H2,1-3H3. The van der Waals surface area contributed by atoms with Gasteiger partial charge in [-0.05, 0) is 38.1 Å². The summed E-state index contributed by atoms with van der Waals surface area (Å²) in [5.74, 6) is 0.430. The number of rotatable bonds is 9. The van der Waals surface area contributed by atoms with Crippen molar-refractivity contribution < 1.29 is 19.3 Å². The third kappa shape index (κ3) is 8.44. The minimum absolute atomic E-state index is 0.316. The predicted octanol–water partition coefficient (Wildman–Crippen LogP) is 1.97. The second kappa shape index (κ2) is 12.3. The van der Waals surface area contributed by atoms with Gasteiger partial charge in [-0.15, -0.1) is 0 Å². The molecule has 1 rings (SSSR count). The third-order valence-corrected chi connectivity index (χ3v) is 4.46. The second-order valence-electron chi connectivity index (χ2n) is 6.34. The van der Waals surface area contributed by atoms with E-state index in [0.29, 0.717) is 37.9 Å². The molecule has 0 spiro atoms. The first-order valence-corrected chi connectivity index (χ1v) is 8.71. The van der Waals surface area contributed by atoms with Crippen molar-refractivity contribution in [2.45, 2.75) is 63.8 Å². The van der Waals surface area contributed by atoms with Gasteiger partial charge in [-0.3, -0.25) is 0 Å². The molecule has 3 unspecified atom stereocenters. The summed E-state index contributed by atoms with van der Waals surface area (Å²) >= 11 is 0. The topological polar surface area (TPSA) is 60.0 Å². The molecular formula is C17H35NO4. The fourth-order valence-corrected chi connectivity index (χ4v) is 3.12. The van der Waals surface area contributed by atoms with Crippen molar-refractivity contribution >= 4 is 0 Å². The molecule has 0 heterocycles. The normalized spacial score (nSPS) is 28.6. The average Bonchev–Trinajstić information content (AvgIpc) is 2.62. The number of nitrogens with one attached hydrogen (secondary N) is 1. The van der Waals surface area contributed by atoms with E-state index in [0.717, 1.165) is 32.2 Å². The summed E-state index contributed by atoms with van der Waals surface area (Å²) in [6, 6.07) is 0. The number of likely N-dealkylation sites (N-methyl/N-ethyl adjacent to an activating group) is 1. The van der Waals surface area contributed by atoms with Crippen LogP contribution in [0.25, 0.3) is 0 Å². The van der Waals surface area contributed by atoms with Crippen molar-refractivity contribution in [3.63, 3.8) is 0 Å². The van der Waals surface area contributed by atoms with Crippen molar-refractivity contribution in [2.24, 2.45) is 5.92 Å². The lowest BCUT2D eigenvalue weighted by atomic mass is 9.95. The zero-order valence-corrected chi connectivity index (χ0v) is 14.6. The van der Waals surface area contributed by atoms with Gasteiger partial charge < -0.3 is 24.6 Å². The van der Waals surface area contributed by atoms with Crippen LogP contribution in [-0.4, -0.2) is 63.9 Å². The molecule has 0 aromatic rings. The monoisotopic (exact) mass is 317 g/mol. The molecule has 3 atom stereocenters. The van der Waals surface area contributed by atoms with Gasteiger partial charge in [-0.1, -0.05) is 19.8 Å². The van der Waals surface area contributed by atoms with Crippen LogP contribution in [0.3, 0.4) is 0 Å². The Hall–Kier alpha value is -0.200. The first kappa shape index (κ1) is 19.8. The highest BCUT2D eigenvalue weighted by Crippen LogP contribution is 2.25. The molecule has 1 aliphatic carbocycles. The number of ether oxygens (including phenoxy) is 3. The molecule has 22 heavy (non-hydrogen) atoms. The minimum atomic E-state index is -0.437. The quantitative estimate of drug-likeness (QED) is 0.681. The lowest BCUT2D eigenvalue weighted by Crippen LogP contribution is -2.31. The van der Waals surface area contributed by atoms with Gasteiger partial charge in [0.05, 0.1) is 24.9 Å². The summed E-state index contributed by atoms with van der Waals surface area (Å²) in [4.78, 5) is 0. The molecule has 0 bridgehead atoms. The molecule has 5 heteroatoms. The SMILES string of the molecule is CCNCC(O)COCC1CC(OC)CCCCC(OC)C1. The largest absolute Gasteiger partial charge is 0.389 e. The Morgan fingerprint density at radius 2 is 1.68 bits per heavy atom. The molecule has 1 fully saturated rings. The number of hydrogen-bond donors (Lipinski definition) is 2. The average molecular weight is 317 g/mol. The molecule has 1 saturated carbocycles. The minimum Gasteiger partial charge on any atom is -0.389 e. The van der Waals surface area contributed by atoms with Crippen LogP contribution in [0.4, 0.5) is 0 Å². The number of hydrogen-bond acceptors (Lipinski definition) is 5. The second-order valence-corrected chi connectivity index (χ2v) is 6.34.